The van der Waals surface area contributed by atoms with Crippen LogP contribution in [0.4, 0.5) is 5.69 Å². The molecule has 0 aliphatic carbocycles. The van der Waals surface area contributed by atoms with Crippen LogP contribution < -0.4 is 5.32 Å². The molecule has 1 amide bonds. The summed E-state index contributed by atoms with van der Waals surface area (Å²) in [5.41, 5.74) is 4.26. The van der Waals surface area contributed by atoms with Gasteiger partial charge >= 0.3 is 0 Å². The van der Waals surface area contributed by atoms with Crippen LogP contribution in [0.3, 0.4) is 0 Å². The average Bonchev–Trinajstić information content (AvgIpc) is 3.42. The van der Waals surface area contributed by atoms with E-state index in [1.807, 2.05) is 48.5 Å². The Morgan fingerprint density at radius 2 is 1.88 bits per heavy atom. The number of hydrogen-bond donors (Lipinski definition) is 1. The second-order valence-electron chi connectivity index (χ2n) is 7.73. The van der Waals surface area contributed by atoms with Crippen LogP contribution in [0.1, 0.15) is 21.5 Å². The maximum atomic E-state index is 12.7. The number of amides is 1. The third-order valence-electron chi connectivity index (χ3n) is 5.49. The van der Waals surface area contributed by atoms with Crippen molar-refractivity contribution in [1.82, 2.24) is 14.7 Å². The standard InChI is InChI=1S/C24H24N4O3.ClH/c29-24(19-13-25-28(16-19)14-18-4-2-1-3-5-18)26-21-6-7-22-20(17-31-23(22)12-21)15-27-8-10-30-11-9-27;/h1-7,12-13,16-17H,8-11,14-15H2,(H,26,29);1H. The molecule has 0 spiro atoms. The number of ether oxygens (including phenoxy) is 1. The maximum absolute atomic E-state index is 12.7. The zero-order chi connectivity index (χ0) is 21.0. The van der Waals surface area contributed by atoms with Crippen molar-refractivity contribution in [2.24, 2.45) is 0 Å². The van der Waals surface area contributed by atoms with Crippen LogP contribution in [-0.2, 0) is 17.8 Å². The number of aromatic nitrogens is 2. The van der Waals surface area contributed by atoms with Crippen LogP contribution in [0.25, 0.3) is 11.0 Å². The summed E-state index contributed by atoms with van der Waals surface area (Å²) >= 11 is 0. The molecule has 2 aromatic carbocycles. The molecule has 1 aliphatic rings. The van der Waals surface area contributed by atoms with Gasteiger partial charge in [-0.05, 0) is 17.7 Å². The molecule has 0 bridgehead atoms. The number of nitrogens with one attached hydrogen (secondary N) is 1. The highest BCUT2D eigenvalue weighted by atomic mass is 35.5. The van der Waals surface area contributed by atoms with Crippen LogP contribution in [0.15, 0.2) is 71.6 Å². The Hall–Kier alpha value is -3.13. The molecule has 0 atom stereocenters. The topological polar surface area (TPSA) is 72.5 Å². The molecule has 5 rings (SSSR count). The van der Waals surface area contributed by atoms with Crippen molar-refractivity contribution in [3.05, 3.63) is 83.9 Å². The molecule has 32 heavy (non-hydrogen) atoms. The van der Waals surface area contributed by atoms with Crippen molar-refractivity contribution in [1.29, 1.82) is 0 Å². The molecule has 8 heteroatoms. The van der Waals surface area contributed by atoms with E-state index in [9.17, 15) is 4.79 Å². The fourth-order valence-corrected chi connectivity index (χ4v) is 3.82. The minimum Gasteiger partial charge on any atom is -0.464 e. The van der Waals surface area contributed by atoms with Gasteiger partial charge in [0.1, 0.15) is 5.58 Å². The quantitative estimate of drug-likeness (QED) is 0.475. The van der Waals surface area contributed by atoms with E-state index in [2.05, 4.69) is 15.3 Å². The fraction of sp³-hybridized carbons (Fsp3) is 0.250. The zero-order valence-corrected chi connectivity index (χ0v) is 18.4. The van der Waals surface area contributed by atoms with Gasteiger partial charge in [0.05, 0.1) is 37.8 Å². The van der Waals surface area contributed by atoms with Gasteiger partial charge in [-0.25, -0.2) is 0 Å². The molecule has 0 unspecified atom stereocenters. The molecule has 166 valence electrons. The fourth-order valence-electron chi connectivity index (χ4n) is 3.82. The average molecular weight is 453 g/mol. The van der Waals surface area contributed by atoms with E-state index in [-0.39, 0.29) is 18.3 Å². The van der Waals surface area contributed by atoms with Gasteiger partial charge in [-0.2, -0.15) is 5.10 Å². The normalized spacial score (nSPS) is 14.2. The number of carbonyl (C=O) groups is 1. The summed E-state index contributed by atoms with van der Waals surface area (Å²) in [4.78, 5) is 15.0. The highest BCUT2D eigenvalue weighted by Crippen LogP contribution is 2.26. The van der Waals surface area contributed by atoms with Gasteiger partial charge in [-0.1, -0.05) is 30.3 Å². The lowest BCUT2D eigenvalue weighted by atomic mass is 10.1. The Labute approximate surface area is 192 Å². The summed E-state index contributed by atoms with van der Waals surface area (Å²) in [6.45, 7) is 4.86. The Balaban J connectivity index is 0.00000245. The summed E-state index contributed by atoms with van der Waals surface area (Å²) in [5, 5.41) is 8.32. The molecule has 7 nitrogen and oxygen atoms in total. The summed E-state index contributed by atoms with van der Waals surface area (Å²) in [7, 11) is 0. The highest BCUT2D eigenvalue weighted by Gasteiger charge is 2.15. The molecule has 3 heterocycles. The lowest BCUT2D eigenvalue weighted by Gasteiger charge is -2.26. The molecular weight excluding hydrogens is 428 g/mol. The number of nitrogens with zero attached hydrogens (tertiary/aromatic N) is 3. The lowest BCUT2D eigenvalue weighted by molar-refractivity contribution is 0.0342. The van der Waals surface area contributed by atoms with Crippen LogP contribution in [0.2, 0.25) is 0 Å². The van der Waals surface area contributed by atoms with Gasteiger partial charge < -0.3 is 14.5 Å². The van der Waals surface area contributed by atoms with E-state index in [0.29, 0.717) is 17.8 Å². The van der Waals surface area contributed by atoms with E-state index in [1.54, 1.807) is 23.3 Å². The Morgan fingerprint density at radius 3 is 2.69 bits per heavy atom. The van der Waals surface area contributed by atoms with Crippen LogP contribution in [0, 0.1) is 0 Å². The molecule has 4 aromatic rings. The van der Waals surface area contributed by atoms with E-state index < -0.39 is 0 Å². The van der Waals surface area contributed by atoms with Gasteiger partial charge in [-0.15, -0.1) is 12.4 Å². The van der Waals surface area contributed by atoms with Gasteiger partial charge in [0.2, 0.25) is 0 Å². The van der Waals surface area contributed by atoms with E-state index in [0.717, 1.165) is 54.9 Å². The largest absolute Gasteiger partial charge is 0.464 e. The summed E-state index contributed by atoms with van der Waals surface area (Å²) in [6, 6.07) is 15.8. The second kappa shape index (κ2) is 9.99. The van der Waals surface area contributed by atoms with E-state index in [1.165, 1.54) is 0 Å². The number of furan rings is 1. The molecule has 0 saturated carbocycles. The zero-order valence-electron chi connectivity index (χ0n) is 17.6. The third-order valence-corrected chi connectivity index (χ3v) is 5.49. The van der Waals surface area contributed by atoms with Crippen LogP contribution in [0.5, 0.6) is 0 Å². The molecule has 1 N–H and O–H groups in total. The summed E-state index contributed by atoms with van der Waals surface area (Å²) < 4.78 is 12.9. The van der Waals surface area contributed by atoms with Crippen molar-refractivity contribution in [3.8, 4) is 0 Å². The molecule has 1 aliphatic heterocycles. The second-order valence-corrected chi connectivity index (χ2v) is 7.73. The SMILES string of the molecule is Cl.O=C(Nc1ccc2c(CN3CCOCC3)coc2c1)c1cnn(Cc2ccccc2)c1. The molecule has 2 aromatic heterocycles. The number of carbonyl (C=O) groups excluding carboxylic acids is 1. The number of morpholine rings is 1. The Bertz CT molecular complexity index is 1180. The lowest BCUT2D eigenvalue weighted by Crippen LogP contribution is -2.35. The first kappa shape index (κ1) is 22.1. The van der Waals surface area contributed by atoms with Crippen molar-refractivity contribution >= 4 is 35.0 Å². The molecule has 0 radical (unpaired) electrons. The number of fused-ring (bicyclic) bond motifs is 1. The van der Waals surface area contributed by atoms with Gasteiger partial charge in [0, 0.05) is 48.5 Å². The van der Waals surface area contributed by atoms with Crippen LogP contribution >= 0.6 is 12.4 Å². The first-order valence-corrected chi connectivity index (χ1v) is 10.4. The molecule has 1 saturated heterocycles. The number of rotatable bonds is 6. The minimum absolute atomic E-state index is 0. The minimum atomic E-state index is -0.196. The van der Waals surface area contributed by atoms with Gasteiger partial charge in [-0.3, -0.25) is 14.4 Å². The monoisotopic (exact) mass is 452 g/mol. The van der Waals surface area contributed by atoms with Crippen molar-refractivity contribution in [2.75, 3.05) is 31.6 Å². The first-order valence-electron chi connectivity index (χ1n) is 10.4. The van der Waals surface area contributed by atoms with Crippen molar-refractivity contribution in [3.63, 3.8) is 0 Å². The first-order chi connectivity index (χ1) is 15.2. The van der Waals surface area contributed by atoms with E-state index in [4.69, 9.17) is 9.15 Å². The predicted molar refractivity (Wildman–Crippen MR) is 125 cm³/mol. The Kier molecular flexibility index (Phi) is 6.90. The number of hydrogen-bond acceptors (Lipinski definition) is 5. The smallest absolute Gasteiger partial charge is 0.258 e. The molecule has 1 fully saturated rings. The van der Waals surface area contributed by atoms with Crippen LogP contribution in [-0.4, -0.2) is 46.9 Å². The summed E-state index contributed by atoms with van der Waals surface area (Å²) in [5.74, 6) is -0.196. The Morgan fingerprint density at radius 1 is 1.06 bits per heavy atom. The van der Waals surface area contributed by atoms with Crippen molar-refractivity contribution in [2.45, 2.75) is 13.1 Å². The number of anilines is 1. The van der Waals surface area contributed by atoms with Crippen molar-refractivity contribution < 1.29 is 13.9 Å². The van der Waals surface area contributed by atoms with Gasteiger partial charge in [0.25, 0.3) is 5.91 Å². The third kappa shape index (κ3) is 5.02. The highest BCUT2D eigenvalue weighted by molar-refractivity contribution is 6.04. The predicted octanol–water partition coefficient (Wildman–Crippen LogP) is 4.18. The number of halogens is 1. The van der Waals surface area contributed by atoms with Gasteiger partial charge in [0.15, 0.2) is 0 Å². The molecular formula is C24H25ClN4O3. The maximum Gasteiger partial charge on any atom is 0.258 e. The van der Waals surface area contributed by atoms with E-state index >= 15 is 0 Å². The number of benzene rings is 2. The summed E-state index contributed by atoms with van der Waals surface area (Å²) in [6.07, 6.45) is 5.15.